The van der Waals surface area contributed by atoms with Gasteiger partial charge in [-0.1, -0.05) is 12.1 Å². The first-order chi connectivity index (χ1) is 17.3. The molecule has 0 spiro atoms. The highest BCUT2D eigenvalue weighted by Crippen LogP contribution is 2.33. The van der Waals surface area contributed by atoms with E-state index in [2.05, 4.69) is 20.2 Å². The molecular formula is C24H28F2N6O3S. The van der Waals surface area contributed by atoms with Crippen molar-refractivity contribution in [1.29, 1.82) is 0 Å². The van der Waals surface area contributed by atoms with E-state index < -0.39 is 23.6 Å². The molecule has 2 saturated heterocycles. The maximum Gasteiger partial charge on any atom is 0.320 e. The van der Waals surface area contributed by atoms with Gasteiger partial charge in [0.15, 0.2) is 0 Å². The van der Waals surface area contributed by atoms with Gasteiger partial charge in [-0.2, -0.15) is 8.78 Å². The average Bonchev–Trinajstić information content (AvgIpc) is 3.51. The summed E-state index contributed by atoms with van der Waals surface area (Å²) < 4.78 is 47.8. The van der Waals surface area contributed by atoms with Crippen molar-refractivity contribution in [2.75, 3.05) is 43.9 Å². The molecule has 1 N–H and O–H groups in total. The zero-order valence-corrected chi connectivity index (χ0v) is 20.9. The van der Waals surface area contributed by atoms with Crippen LogP contribution in [-0.4, -0.2) is 74.0 Å². The topological polar surface area (TPSA) is 92.6 Å². The lowest BCUT2D eigenvalue weighted by molar-refractivity contribution is -0.119. The lowest BCUT2D eigenvalue weighted by Crippen LogP contribution is -2.46. The number of rotatable bonds is 7. The standard InChI is InChI=1S/C24H28F2N6O3S/c1-15(17-11-21(33)27-13-17)35-23-22-20(28-14-32(22)24(25)26)12-19(29-23)16-3-5-18(6-4-16)30-7-9-31(10-8-30)36(2)34/h3-6,12,14-15,17,24H,7-11,13H2,1-2H3,(H,27,33)/t15-,17-,36?/m1/s1. The largest absolute Gasteiger partial charge is 0.473 e. The van der Waals surface area contributed by atoms with Crippen molar-refractivity contribution >= 4 is 33.6 Å². The van der Waals surface area contributed by atoms with Gasteiger partial charge < -0.3 is 15.0 Å². The molecule has 3 aromatic rings. The molecule has 1 aromatic carbocycles. The number of aromatic nitrogens is 3. The number of imidazole rings is 1. The van der Waals surface area contributed by atoms with Crippen molar-refractivity contribution < 1.29 is 22.5 Å². The summed E-state index contributed by atoms with van der Waals surface area (Å²) in [5, 5.41) is 2.78. The monoisotopic (exact) mass is 518 g/mol. The molecule has 9 nitrogen and oxygen atoms in total. The molecule has 1 amide bonds. The second kappa shape index (κ2) is 10.1. The third-order valence-corrected chi connectivity index (χ3v) is 7.92. The summed E-state index contributed by atoms with van der Waals surface area (Å²) in [7, 11) is -0.963. The van der Waals surface area contributed by atoms with E-state index in [0.717, 1.165) is 48.3 Å². The molecule has 192 valence electrons. The number of amides is 1. The first kappa shape index (κ1) is 24.6. The van der Waals surface area contributed by atoms with Crippen LogP contribution in [0.4, 0.5) is 14.5 Å². The lowest BCUT2D eigenvalue weighted by Gasteiger charge is -2.34. The molecule has 3 atom stereocenters. The number of fused-ring (bicyclic) bond motifs is 1. The Kier molecular flexibility index (Phi) is 6.89. The maximum absolute atomic E-state index is 13.7. The summed E-state index contributed by atoms with van der Waals surface area (Å²) in [6.45, 7) is 2.52. The van der Waals surface area contributed by atoms with Crippen LogP contribution >= 0.6 is 0 Å². The Balaban J connectivity index is 1.42. The summed E-state index contributed by atoms with van der Waals surface area (Å²) in [6, 6.07) is 9.54. The van der Waals surface area contributed by atoms with Gasteiger partial charge in [-0.3, -0.25) is 9.36 Å². The maximum atomic E-state index is 13.7. The molecule has 12 heteroatoms. The first-order valence-corrected chi connectivity index (χ1v) is 13.3. The van der Waals surface area contributed by atoms with E-state index in [1.807, 2.05) is 35.5 Å². The van der Waals surface area contributed by atoms with Crippen LogP contribution in [0.25, 0.3) is 22.3 Å². The van der Waals surface area contributed by atoms with Crippen molar-refractivity contribution in [3.63, 3.8) is 0 Å². The van der Waals surface area contributed by atoms with Crippen LogP contribution in [0.2, 0.25) is 0 Å². The molecular weight excluding hydrogens is 490 g/mol. The number of piperazine rings is 1. The van der Waals surface area contributed by atoms with Crippen LogP contribution in [0.3, 0.4) is 0 Å². The highest BCUT2D eigenvalue weighted by atomic mass is 32.2. The van der Waals surface area contributed by atoms with Crippen molar-refractivity contribution in [3.05, 3.63) is 36.7 Å². The van der Waals surface area contributed by atoms with E-state index in [1.165, 1.54) is 0 Å². The molecule has 2 aliphatic rings. The number of pyridine rings is 1. The second-order valence-corrected chi connectivity index (χ2v) is 10.5. The van der Waals surface area contributed by atoms with E-state index >= 15 is 0 Å². The fourth-order valence-corrected chi connectivity index (χ4v) is 5.36. The van der Waals surface area contributed by atoms with Gasteiger partial charge in [-0.25, -0.2) is 18.5 Å². The third kappa shape index (κ3) is 4.92. The number of nitrogens with zero attached hydrogens (tertiary/aromatic N) is 5. The van der Waals surface area contributed by atoms with Crippen LogP contribution in [0.15, 0.2) is 36.7 Å². The molecule has 5 rings (SSSR count). The molecule has 2 aromatic heterocycles. The molecule has 1 unspecified atom stereocenters. The Morgan fingerprint density at radius 2 is 1.89 bits per heavy atom. The summed E-state index contributed by atoms with van der Waals surface area (Å²) in [6.07, 6.45) is 2.70. The Labute approximate surface area is 210 Å². The summed E-state index contributed by atoms with van der Waals surface area (Å²) >= 11 is 0. The molecule has 0 bridgehead atoms. The van der Waals surface area contributed by atoms with Crippen molar-refractivity contribution in [1.82, 2.24) is 24.2 Å². The Morgan fingerprint density at radius 3 is 2.50 bits per heavy atom. The molecule has 2 aliphatic heterocycles. The number of ether oxygens (including phenoxy) is 1. The fraction of sp³-hybridized carbons (Fsp3) is 0.458. The molecule has 4 heterocycles. The lowest BCUT2D eigenvalue weighted by atomic mass is 10.0. The van der Waals surface area contributed by atoms with Gasteiger partial charge >= 0.3 is 6.55 Å². The van der Waals surface area contributed by atoms with Crippen molar-refractivity contribution in [2.45, 2.75) is 26.0 Å². The summed E-state index contributed by atoms with van der Waals surface area (Å²) in [4.78, 5) is 22.7. The van der Waals surface area contributed by atoms with E-state index in [4.69, 9.17) is 4.74 Å². The van der Waals surface area contributed by atoms with Gasteiger partial charge in [0.25, 0.3) is 0 Å². The predicted molar refractivity (Wildman–Crippen MR) is 133 cm³/mol. The number of carbonyl (C=O) groups excluding carboxylic acids is 1. The zero-order valence-electron chi connectivity index (χ0n) is 20.1. The predicted octanol–water partition coefficient (Wildman–Crippen LogP) is 2.81. The minimum Gasteiger partial charge on any atom is -0.473 e. The summed E-state index contributed by atoms with van der Waals surface area (Å²) in [5.74, 6) is -0.0601. The van der Waals surface area contributed by atoms with Crippen molar-refractivity contribution in [2.24, 2.45) is 5.92 Å². The van der Waals surface area contributed by atoms with Gasteiger partial charge in [0.1, 0.15) is 17.9 Å². The van der Waals surface area contributed by atoms with Crippen LogP contribution in [0.5, 0.6) is 5.88 Å². The van der Waals surface area contributed by atoms with Crippen molar-refractivity contribution in [3.8, 4) is 17.1 Å². The number of carbonyl (C=O) groups is 1. The van der Waals surface area contributed by atoms with Gasteiger partial charge in [-0.15, -0.1) is 0 Å². The number of benzene rings is 1. The average molecular weight is 519 g/mol. The third-order valence-electron chi connectivity index (χ3n) is 6.83. The first-order valence-electron chi connectivity index (χ1n) is 11.8. The number of hydrogen-bond acceptors (Lipinski definition) is 6. The number of nitrogens with one attached hydrogen (secondary N) is 1. The van der Waals surface area contributed by atoms with E-state index in [-0.39, 0.29) is 23.2 Å². The Hall–Kier alpha value is -3.12. The van der Waals surface area contributed by atoms with Gasteiger partial charge in [0.2, 0.25) is 11.8 Å². The van der Waals surface area contributed by atoms with Gasteiger partial charge in [0.05, 0.1) is 22.2 Å². The highest BCUT2D eigenvalue weighted by molar-refractivity contribution is 7.81. The smallest absolute Gasteiger partial charge is 0.320 e. The second-order valence-electron chi connectivity index (χ2n) is 9.09. The zero-order chi connectivity index (χ0) is 25.4. The van der Waals surface area contributed by atoms with Crippen LogP contribution < -0.4 is 15.0 Å². The molecule has 0 radical (unpaired) electrons. The van der Waals surface area contributed by atoms with Crippen LogP contribution in [0, 0.1) is 5.92 Å². The molecule has 36 heavy (non-hydrogen) atoms. The van der Waals surface area contributed by atoms with E-state index in [9.17, 15) is 17.8 Å². The minimum atomic E-state index is -2.79. The SMILES string of the molecule is C[C@@H](Oc1nc(-c2ccc(N3CCN(S(C)=O)CC3)cc2)cc2ncn(C(F)F)c12)[C@H]1CNC(=O)C1. The van der Waals surface area contributed by atoms with Gasteiger partial charge in [0, 0.05) is 62.6 Å². The number of anilines is 1. The fourth-order valence-electron chi connectivity index (χ4n) is 4.68. The molecule has 0 aliphatic carbocycles. The molecule has 0 saturated carbocycles. The van der Waals surface area contributed by atoms with Gasteiger partial charge in [-0.05, 0) is 25.1 Å². The van der Waals surface area contributed by atoms with E-state index in [1.54, 1.807) is 12.3 Å². The minimum absolute atomic E-state index is 0.0515. The quantitative estimate of drug-likeness (QED) is 0.517. The van der Waals surface area contributed by atoms with Crippen LogP contribution in [0.1, 0.15) is 19.9 Å². The Morgan fingerprint density at radius 1 is 1.17 bits per heavy atom. The normalized spacial score (nSPS) is 20.6. The summed E-state index contributed by atoms with van der Waals surface area (Å²) in [5.41, 5.74) is 2.89. The number of hydrogen-bond donors (Lipinski definition) is 1. The molecule has 2 fully saturated rings. The highest BCUT2D eigenvalue weighted by Gasteiger charge is 2.29. The van der Waals surface area contributed by atoms with Crippen LogP contribution in [-0.2, 0) is 15.8 Å². The number of halogens is 2. The number of alkyl halides is 2. The Bertz CT molecular complexity index is 1280. The van der Waals surface area contributed by atoms with E-state index in [0.29, 0.717) is 24.2 Å².